The summed E-state index contributed by atoms with van der Waals surface area (Å²) in [6, 6.07) is 6.28. The van der Waals surface area contributed by atoms with Gasteiger partial charge < -0.3 is 28.7 Å². The summed E-state index contributed by atoms with van der Waals surface area (Å²) in [4.78, 5) is 0. The van der Waals surface area contributed by atoms with Gasteiger partial charge in [-0.05, 0) is 23.8 Å². The van der Waals surface area contributed by atoms with E-state index in [2.05, 4.69) is 36.9 Å². The molecule has 1 heterocycles. The Morgan fingerprint density at radius 3 is 2.80 bits per heavy atom. The van der Waals surface area contributed by atoms with E-state index < -0.39 is 0 Å². The number of methoxy groups -OCH3 is 1. The molecule has 1 aromatic rings. The minimum absolute atomic E-state index is 0. The lowest BCUT2D eigenvalue weighted by molar-refractivity contribution is -0.496. The molecule has 0 radical (unpaired) electrons. The molecule has 2 nitrogen and oxygen atoms in total. The predicted molar refractivity (Wildman–Crippen MR) is 57.6 cm³/mol. The van der Waals surface area contributed by atoms with E-state index in [0.29, 0.717) is 5.92 Å². The Morgan fingerprint density at radius 2 is 2.13 bits per heavy atom. The molecular weight excluding hydrogens is 301 g/mol. The Kier molecular flexibility index (Phi) is 4.13. The number of rotatable bonds is 1. The second-order valence-corrected chi connectivity index (χ2v) is 3.96. The predicted octanol–water partition coefficient (Wildman–Crippen LogP) is -1.12. The molecule has 0 aliphatic carbocycles. The molecule has 1 unspecified atom stereocenters. The van der Waals surface area contributed by atoms with Gasteiger partial charge >= 0.3 is 0 Å². The minimum atomic E-state index is 0. The highest BCUT2D eigenvalue weighted by Gasteiger charge is 2.20. The molecule has 2 rings (SSSR count). The number of halogens is 1. The molecule has 0 amide bonds. The van der Waals surface area contributed by atoms with E-state index in [-0.39, 0.29) is 24.0 Å². The van der Waals surface area contributed by atoms with Crippen LogP contribution >= 0.6 is 0 Å². The molecule has 0 saturated carbocycles. The highest BCUT2D eigenvalue weighted by Crippen LogP contribution is 2.26. The Bertz CT molecular complexity index is 387. The summed E-state index contributed by atoms with van der Waals surface area (Å²) in [5.74, 6) is 1.53. The van der Waals surface area contributed by atoms with Crippen LogP contribution in [-0.4, -0.2) is 31.5 Å². The Hall–Kier alpha value is -0.580. The van der Waals surface area contributed by atoms with Gasteiger partial charge in [-0.3, -0.25) is 0 Å². The van der Waals surface area contributed by atoms with Crippen LogP contribution in [0.15, 0.2) is 18.2 Å². The third-order valence-electron chi connectivity index (χ3n) is 2.75. The summed E-state index contributed by atoms with van der Waals surface area (Å²) in [7, 11) is 3.83. The van der Waals surface area contributed by atoms with Crippen LogP contribution in [0.5, 0.6) is 5.75 Å². The van der Waals surface area contributed by atoms with Crippen molar-refractivity contribution in [1.82, 2.24) is 0 Å². The summed E-state index contributed by atoms with van der Waals surface area (Å²) >= 11 is 0. The molecule has 1 aliphatic heterocycles. The van der Waals surface area contributed by atoms with Crippen LogP contribution in [0, 0.1) is 0 Å². The first kappa shape index (κ1) is 12.5. The maximum Gasteiger partial charge on any atom is 0.170 e. The third-order valence-corrected chi connectivity index (χ3v) is 2.75. The van der Waals surface area contributed by atoms with Gasteiger partial charge in [0.05, 0.1) is 7.11 Å². The quantitative estimate of drug-likeness (QED) is 0.472. The van der Waals surface area contributed by atoms with Crippen LogP contribution < -0.4 is 28.7 Å². The van der Waals surface area contributed by atoms with Gasteiger partial charge in [0.25, 0.3) is 0 Å². The van der Waals surface area contributed by atoms with Crippen LogP contribution in [0.25, 0.3) is 0 Å². The number of fused-ring (bicyclic) bond motifs is 1. The fourth-order valence-electron chi connectivity index (χ4n) is 2.04. The number of nitrogens with zero attached hydrogens (tertiary/aromatic N) is 1. The summed E-state index contributed by atoms with van der Waals surface area (Å²) in [5, 5.41) is 0. The molecule has 0 fully saturated rings. The molecule has 0 saturated heterocycles. The second-order valence-electron chi connectivity index (χ2n) is 3.96. The second kappa shape index (κ2) is 4.96. The zero-order chi connectivity index (χ0) is 10.1. The smallest absolute Gasteiger partial charge is 0.170 e. The number of hydrogen-bond acceptors (Lipinski definition) is 1. The lowest BCUT2D eigenvalue weighted by Gasteiger charge is -2.17. The SMILES string of the molecule is COc1ccc2c(c1)C(C)C[N+](C)=C2.[I-]. The first-order valence-corrected chi connectivity index (χ1v) is 4.93. The van der Waals surface area contributed by atoms with Crippen molar-refractivity contribution in [3.8, 4) is 5.75 Å². The van der Waals surface area contributed by atoms with Crippen molar-refractivity contribution < 1.29 is 33.3 Å². The van der Waals surface area contributed by atoms with E-state index in [0.717, 1.165) is 12.3 Å². The van der Waals surface area contributed by atoms with Crippen molar-refractivity contribution in [3.05, 3.63) is 29.3 Å². The molecule has 1 aliphatic rings. The summed E-state index contributed by atoms with van der Waals surface area (Å²) < 4.78 is 7.46. The van der Waals surface area contributed by atoms with Crippen molar-refractivity contribution in [2.75, 3.05) is 20.7 Å². The average Bonchev–Trinajstić information content (AvgIpc) is 2.17. The number of hydrogen-bond donors (Lipinski definition) is 0. The monoisotopic (exact) mass is 317 g/mol. The van der Waals surface area contributed by atoms with E-state index in [1.807, 2.05) is 6.07 Å². The molecule has 0 N–H and O–H groups in total. The third kappa shape index (κ3) is 2.51. The average molecular weight is 317 g/mol. The van der Waals surface area contributed by atoms with E-state index in [4.69, 9.17) is 4.74 Å². The first-order chi connectivity index (χ1) is 6.70. The van der Waals surface area contributed by atoms with Crippen LogP contribution in [0.3, 0.4) is 0 Å². The van der Waals surface area contributed by atoms with Crippen LogP contribution in [-0.2, 0) is 0 Å². The van der Waals surface area contributed by atoms with Gasteiger partial charge in [-0.2, -0.15) is 0 Å². The molecule has 1 atom stereocenters. The molecule has 0 bridgehead atoms. The van der Waals surface area contributed by atoms with Crippen molar-refractivity contribution >= 4 is 6.21 Å². The van der Waals surface area contributed by atoms with Crippen molar-refractivity contribution in [3.63, 3.8) is 0 Å². The van der Waals surface area contributed by atoms with E-state index in [1.165, 1.54) is 11.1 Å². The van der Waals surface area contributed by atoms with Crippen molar-refractivity contribution in [2.45, 2.75) is 12.8 Å². The Morgan fingerprint density at radius 1 is 1.40 bits per heavy atom. The van der Waals surface area contributed by atoms with E-state index in [9.17, 15) is 0 Å². The maximum absolute atomic E-state index is 5.23. The van der Waals surface area contributed by atoms with Crippen LogP contribution in [0.1, 0.15) is 24.0 Å². The molecule has 15 heavy (non-hydrogen) atoms. The highest BCUT2D eigenvalue weighted by atomic mass is 127. The van der Waals surface area contributed by atoms with Crippen LogP contribution in [0.4, 0.5) is 0 Å². The van der Waals surface area contributed by atoms with Gasteiger partial charge in [-0.1, -0.05) is 6.92 Å². The highest BCUT2D eigenvalue weighted by molar-refractivity contribution is 5.79. The normalized spacial score (nSPS) is 18.6. The fourth-order valence-corrected chi connectivity index (χ4v) is 2.04. The van der Waals surface area contributed by atoms with Gasteiger partial charge in [-0.15, -0.1) is 0 Å². The topological polar surface area (TPSA) is 12.2 Å². The van der Waals surface area contributed by atoms with E-state index in [1.54, 1.807) is 7.11 Å². The molecule has 0 aromatic heterocycles. The Labute approximate surface area is 108 Å². The van der Waals surface area contributed by atoms with Crippen LogP contribution in [0.2, 0.25) is 0 Å². The van der Waals surface area contributed by atoms with E-state index >= 15 is 0 Å². The van der Waals surface area contributed by atoms with Crippen molar-refractivity contribution in [1.29, 1.82) is 0 Å². The zero-order valence-corrected chi connectivity index (χ0v) is 11.5. The molecular formula is C12H16INO. The molecule has 1 aromatic carbocycles. The molecule has 0 spiro atoms. The fraction of sp³-hybridized carbons (Fsp3) is 0.417. The van der Waals surface area contributed by atoms with Gasteiger partial charge in [0.2, 0.25) is 0 Å². The lowest BCUT2D eigenvalue weighted by atomic mass is 9.93. The standard InChI is InChI=1S/C12H16NO.HI/c1-9-7-13(2)8-10-4-5-11(14-3)6-12(9)10;/h4-6,8-9H,7H2,1-3H3;1H/q+1;/p-1. The number of likely N-dealkylation sites (N-methyl/N-ethyl adjacent to an activating group) is 1. The summed E-state index contributed by atoms with van der Waals surface area (Å²) in [6.45, 7) is 3.34. The Balaban J connectivity index is 0.00000112. The zero-order valence-electron chi connectivity index (χ0n) is 9.33. The number of ether oxygens (including phenoxy) is 1. The van der Waals surface area contributed by atoms with Gasteiger partial charge in [0.1, 0.15) is 19.3 Å². The van der Waals surface area contributed by atoms with Gasteiger partial charge in [0.15, 0.2) is 6.21 Å². The molecule has 82 valence electrons. The number of benzene rings is 1. The molecule has 3 heteroatoms. The minimum Gasteiger partial charge on any atom is -1.00 e. The summed E-state index contributed by atoms with van der Waals surface area (Å²) in [5.41, 5.74) is 2.70. The maximum atomic E-state index is 5.23. The van der Waals surface area contributed by atoms with Gasteiger partial charge in [0, 0.05) is 11.5 Å². The van der Waals surface area contributed by atoms with Gasteiger partial charge in [-0.25, -0.2) is 4.58 Å². The van der Waals surface area contributed by atoms with Crippen molar-refractivity contribution in [2.24, 2.45) is 0 Å². The first-order valence-electron chi connectivity index (χ1n) is 4.93. The summed E-state index contributed by atoms with van der Waals surface area (Å²) in [6.07, 6.45) is 2.19. The lowest BCUT2D eigenvalue weighted by Crippen LogP contribution is -3.00. The largest absolute Gasteiger partial charge is 1.00 e.